The fourth-order valence-corrected chi connectivity index (χ4v) is 2.63. The molecule has 1 aromatic carbocycles. The zero-order chi connectivity index (χ0) is 13.0. The second-order valence-corrected chi connectivity index (χ2v) is 5.28. The lowest BCUT2D eigenvalue weighted by molar-refractivity contribution is 0.0375. The highest BCUT2D eigenvalue weighted by molar-refractivity contribution is 6.37. The molecule has 1 aromatic rings. The van der Waals surface area contributed by atoms with Crippen LogP contribution in [0.25, 0.3) is 0 Å². The Bertz CT molecular complexity index is 383. The van der Waals surface area contributed by atoms with Gasteiger partial charge < -0.3 is 9.84 Å². The monoisotopic (exact) mass is 289 g/mol. The van der Waals surface area contributed by atoms with E-state index in [4.69, 9.17) is 27.9 Å². The summed E-state index contributed by atoms with van der Waals surface area (Å²) in [6.45, 7) is 4.74. The minimum Gasteiger partial charge on any atom is -0.505 e. The van der Waals surface area contributed by atoms with Crippen LogP contribution in [0.5, 0.6) is 5.75 Å². The quantitative estimate of drug-likeness (QED) is 0.925. The van der Waals surface area contributed by atoms with Crippen LogP contribution in [0.4, 0.5) is 0 Å². The number of phenolic OH excluding ortho intramolecular Hbond substituents is 1. The van der Waals surface area contributed by atoms with E-state index in [0.29, 0.717) is 10.0 Å². The largest absolute Gasteiger partial charge is 0.505 e. The number of rotatable bonds is 4. The molecule has 0 aromatic heterocycles. The Morgan fingerprint density at radius 1 is 1.17 bits per heavy atom. The van der Waals surface area contributed by atoms with E-state index < -0.39 is 0 Å². The van der Waals surface area contributed by atoms with Crippen molar-refractivity contribution < 1.29 is 9.84 Å². The number of phenols is 1. The molecule has 1 aliphatic rings. The van der Waals surface area contributed by atoms with Gasteiger partial charge in [-0.05, 0) is 37.1 Å². The smallest absolute Gasteiger partial charge is 0.152 e. The Morgan fingerprint density at radius 2 is 1.78 bits per heavy atom. The van der Waals surface area contributed by atoms with Gasteiger partial charge >= 0.3 is 0 Å². The summed E-state index contributed by atoms with van der Waals surface area (Å²) in [5, 5.41) is 10.1. The van der Waals surface area contributed by atoms with Crippen molar-refractivity contribution in [2.45, 2.75) is 12.8 Å². The van der Waals surface area contributed by atoms with E-state index in [1.807, 2.05) is 0 Å². The first-order valence-electron chi connectivity index (χ1n) is 6.14. The Hall–Kier alpha value is -0.480. The summed E-state index contributed by atoms with van der Waals surface area (Å²) >= 11 is 11.8. The Morgan fingerprint density at radius 3 is 2.39 bits per heavy atom. The summed E-state index contributed by atoms with van der Waals surface area (Å²) in [6.07, 6.45) is 1.97. The van der Waals surface area contributed by atoms with Crippen molar-refractivity contribution in [3.63, 3.8) is 0 Å². The Labute approximate surface area is 117 Å². The average molecular weight is 290 g/mol. The third-order valence-electron chi connectivity index (χ3n) is 3.12. The van der Waals surface area contributed by atoms with Crippen LogP contribution in [0.2, 0.25) is 10.0 Å². The second kappa shape index (κ2) is 6.62. The van der Waals surface area contributed by atoms with Gasteiger partial charge in [-0.25, -0.2) is 0 Å². The summed E-state index contributed by atoms with van der Waals surface area (Å²) in [4.78, 5) is 2.40. The van der Waals surface area contributed by atoms with Gasteiger partial charge in [0.15, 0.2) is 5.75 Å². The fourth-order valence-electron chi connectivity index (χ4n) is 2.09. The van der Waals surface area contributed by atoms with Crippen LogP contribution in [0, 0.1) is 0 Å². The molecule has 1 fully saturated rings. The van der Waals surface area contributed by atoms with Crippen molar-refractivity contribution in [3.8, 4) is 5.75 Å². The van der Waals surface area contributed by atoms with E-state index in [0.717, 1.165) is 51.3 Å². The number of aryl methyl sites for hydroxylation is 1. The molecule has 0 bridgehead atoms. The van der Waals surface area contributed by atoms with Crippen LogP contribution in [-0.4, -0.2) is 42.9 Å². The van der Waals surface area contributed by atoms with E-state index in [9.17, 15) is 5.11 Å². The molecule has 18 heavy (non-hydrogen) atoms. The van der Waals surface area contributed by atoms with E-state index in [1.165, 1.54) is 0 Å². The summed E-state index contributed by atoms with van der Waals surface area (Å²) in [5.41, 5.74) is 1.07. The highest BCUT2D eigenvalue weighted by Gasteiger charge is 2.10. The predicted molar refractivity (Wildman–Crippen MR) is 73.7 cm³/mol. The van der Waals surface area contributed by atoms with Gasteiger partial charge in [-0.2, -0.15) is 0 Å². The number of hydrogen-bond acceptors (Lipinski definition) is 3. The highest BCUT2D eigenvalue weighted by Crippen LogP contribution is 2.32. The number of hydrogen-bond donors (Lipinski definition) is 1. The maximum Gasteiger partial charge on any atom is 0.152 e. The van der Waals surface area contributed by atoms with Crippen molar-refractivity contribution in [1.82, 2.24) is 4.90 Å². The predicted octanol–water partition coefficient (Wildman–Crippen LogP) is 2.96. The summed E-state index contributed by atoms with van der Waals surface area (Å²) in [6, 6.07) is 3.56. The molecule has 100 valence electrons. The average Bonchev–Trinajstić information content (AvgIpc) is 2.37. The third kappa shape index (κ3) is 3.75. The van der Waals surface area contributed by atoms with Crippen LogP contribution in [0.15, 0.2) is 12.1 Å². The van der Waals surface area contributed by atoms with Crippen LogP contribution >= 0.6 is 23.2 Å². The molecule has 3 nitrogen and oxygen atoms in total. The van der Waals surface area contributed by atoms with Crippen LogP contribution < -0.4 is 0 Å². The number of halogens is 2. The van der Waals surface area contributed by atoms with Gasteiger partial charge in [-0.3, -0.25) is 4.90 Å². The van der Waals surface area contributed by atoms with Crippen molar-refractivity contribution in [3.05, 3.63) is 27.7 Å². The maximum atomic E-state index is 9.47. The minimum absolute atomic E-state index is 0.0322. The van der Waals surface area contributed by atoms with Crippen LogP contribution in [-0.2, 0) is 11.2 Å². The van der Waals surface area contributed by atoms with Gasteiger partial charge in [-0.15, -0.1) is 0 Å². The lowest BCUT2D eigenvalue weighted by atomic mass is 10.1. The highest BCUT2D eigenvalue weighted by atomic mass is 35.5. The van der Waals surface area contributed by atoms with Crippen molar-refractivity contribution in [2.24, 2.45) is 0 Å². The molecule has 5 heteroatoms. The van der Waals surface area contributed by atoms with Crippen LogP contribution in [0.3, 0.4) is 0 Å². The minimum atomic E-state index is -0.0322. The number of ether oxygens (including phenoxy) is 1. The molecule has 1 N–H and O–H groups in total. The zero-order valence-electron chi connectivity index (χ0n) is 10.2. The molecule has 1 aliphatic heterocycles. The standard InChI is InChI=1S/C13H17Cl2NO2/c14-11-8-10(9-12(15)13(11)17)2-1-3-16-4-6-18-7-5-16/h8-9,17H,1-7H2. The topological polar surface area (TPSA) is 32.7 Å². The first kappa shape index (κ1) is 13.9. The van der Waals surface area contributed by atoms with Gasteiger partial charge in [0.25, 0.3) is 0 Å². The molecule has 1 heterocycles. The van der Waals surface area contributed by atoms with Crippen molar-refractivity contribution in [2.75, 3.05) is 32.8 Å². The van der Waals surface area contributed by atoms with Gasteiger partial charge in [0.05, 0.1) is 23.3 Å². The molecule has 0 spiro atoms. The molecule has 2 rings (SSSR count). The maximum absolute atomic E-state index is 9.47. The number of nitrogens with zero attached hydrogens (tertiary/aromatic N) is 1. The van der Waals surface area contributed by atoms with Crippen LogP contribution in [0.1, 0.15) is 12.0 Å². The second-order valence-electron chi connectivity index (χ2n) is 4.47. The molecule has 0 atom stereocenters. The molecule has 0 unspecified atom stereocenters. The van der Waals surface area contributed by atoms with E-state index in [2.05, 4.69) is 4.90 Å². The third-order valence-corrected chi connectivity index (χ3v) is 3.70. The van der Waals surface area contributed by atoms with E-state index in [1.54, 1.807) is 12.1 Å². The number of aromatic hydroxyl groups is 1. The van der Waals surface area contributed by atoms with E-state index in [-0.39, 0.29) is 5.75 Å². The summed E-state index contributed by atoms with van der Waals surface area (Å²) in [7, 11) is 0. The molecule has 0 amide bonds. The summed E-state index contributed by atoms with van der Waals surface area (Å²) in [5.74, 6) is -0.0322. The zero-order valence-corrected chi connectivity index (χ0v) is 11.7. The molecule has 0 saturated carbocycles. The molecular weight excluding hydrogens is 273 g/mol. The van der Waals surface area contributed by atoms with Gasteiger partial charge in [0.2, 0.25) is 0 Å². The first-order chi connectivity index (χ1) is 8.66. The number of benzene rings is 1. The van der Waals surface area contributed by atoms with Gasteiger partial charge in [-0.1, -0.05) is 23.2 Å². The number of morpholine rings is 1. The van der Waals surface area contributed by atoms with Gasteiger partial charge in [0.1, 0.15) is 0 Å². The summed E-state index contributed by atoms with van der Waals surface area (Å²) < 4.78 is 5.30. The Balaban J connectivity index is 1.82. The lowest BCUT2D eigenvalue weighted by Crippen LogP contribution is -2.36. The first-order valence-corrected chi connectivity index (χ1v) is 6.89. The fraction of sp³-hybridized carbons (Fsp3) is 0.538. The lowest BCUT2D eigenvalue weighted by Gasteiger charge is -2.26. The Kier molecular flexibility index (Phi) is 5.13. The normalized spacial score (nSPS) is 17.0. The van der Waals surface area contributed by atoms with Gasteiger partial charge in [0, 0.05) is 13.1 Å². The SMILES string of the molecule is Oc1c(Cl)cc(CCCN2CCOCC2)cc1Cl. The molecule has 1 saturated heterocycles. The molecule has 0 aliphatic carbocycles. The van der Waals surface area contributed by atoms with E-state index >= 15 is 0 Å². The molecule has 0 radical (unpaired) electrons. The van der Waals surface area contributed by atoms with Crippen molar-refractivity contribution >= 4 is 23.2 Å². The molecular formula is C13H17Cl2NO2. The van der Waals surface area contributed by atoms with Crippen molar-refractivity contribution in [1.29, 1.82) is 0 Å².